The summed E-state index contributed by atoms with van der Waals surface area (Å²) in [6, 6.07) is 14.7. The first kappa shape index (κ1) is 17.5. The molecule has 0 unspecified atom stereocenters. The molecular formula is C18H15NO4S. The van der Waals surface area contributed by atoms with Crippen molar-refractivity contribution < 1.29 is 18.3 Å². The van der Waals surface area contributed by atoms with Crippen LogP contribution in [0.15, 0.2) is 71.6 Å². The molecule has 0 bridgehead atoms. The zero-order chi connectivity index (χ0) is 17.4. The van der Waals surface area contributed by atoms with Gasteiger partial charge in [0.25, 0.3) is 10.0 Å². The lowest BCUT2D eigenvalue weighted by Gasteiger charge is -2.08. The van der Waals surface area contributed by atoms with Crippen molar-refractivity contribution in [2.45, 2.75) is 4.90 Å². The van der Waals surface area contributed by atoms with Crippen molar-refractivity contribution in [3.8, 4) is 11.8 Å². The molecule has 122 valence electrons. The number of rotatable bonds is 5. The van der Waals surface area contributed by atoms with Crippen molar-refractivity contribution in [3.63, 3.8) is 0 Å². The smallest absolute Gasteiger partial charge is 0.261 e. The minimum atomic E-state index is -3.65. The third kappa shape index (κ3) is 5.09. The van der Waals surface area contributed by atoms with Crippen LogP contribution in [0.5, 0.6) is 0 Å². The van der Waals surface area contributed by atoms with E-state index in [0.29, 0.717) is 11.3 Å². The summed E-state index contributed by atoms with van der Waals surface area (Å²) in [5.74, 6) is 5.00. The Bertz CT molecular complexity index is 907. The van der Waals surface area contributed by atoms with Gasteiger partial charge in [-0.3, -0.25) is 9.52 Å². The van der Waals surface area contributed by atoms with Gasteiger partial charge in [-0.05, 0) is 42.5 Å². The van der Waals surface area contributed by atoms with Crippen LogP contribution in [0.1, 0.15) is 5.56 Å². The van der Waals surface area contributed by atoms with E-state index >= 15 is 0 Å². The maximum absolute atomic E-state index is 12.3. The van der Waals surface area contributed by atoms with Gasteiger partial charge in [-0.25, -0.2) is 8.42 Å². The molecule has 0 radical (unpaired) electrons. The van der Waals surface area contributed by atoms with Crippen molar-refractivity contribution in [2.24, 2.45) is 0 Å². The van der Waals surface area contributed by atoms with Crippen LogP contribution >= 0.6 is 0 Å². The van der Waals surface area contributed by atoms with Gasteiger partial charge in [-0.2, -0.15) is 0 Å². The van der Waals surface area contributed by atoms with Crippen molar-refractivity contribution in [3.05, 3.63) is 72.3 Å². The summed E-state index contributed by atoms with van der Waals surface area (Å²) in [7, 11) is -3.65. The summed E-state index contributed by atoms with van der Waals surface area (Å²) >= 11 is 0. The normalized spacial score (nSPS) is 10.9. The number of benzene rings is 2. The summed E-state index contributed by atoms with van der Waals surface area (Å²) in [5.41, 5.74) is 0.977. The molecule has 0 aliphatic carbocycles. The van der Waals surface area contributed by atoms with Gasteiger partial charge in [0.2, 0.25) is 0 Å². The SMILES string of the molecule is O=C(/C=C/C#Cc1cccc(NS(=O)(=O)c2ccccc2)c1)CO. The number of hydrogen-bond donors (Lipinski definition) is 2. The molecule has 0 saturated heterocycles. The standard InChI is InChI=1S/C18H15NO4S/c20-14-17(21)10-5-4-7-15-8-6-9-16(13-15)19-24(22,23)18-11-2-1-3-12-18/h1-3,5-6,8-13,19-20H,14H2/b10-5+. The molecule has 2 aromatic carbocycles. The van der Waals surface area contributed by atoms with Crippen molar-refractivity contribution in [1.82, 2.24) is 0 Å². The van der Waals surface area contributed by atoms with Gasteiger partial charge in [0.15, 0.2) is 5.78 Å². The van der Waals surface area contributed by atoms with Crippen molar-refractivity contribution in [2.75, 3.05) is 11.3 Å². The van der Waals surface area contributed by atoms with Crippen LogP contribution in [0.2, 0.25) is 0 Å². The van der Waals surface area contributed by atoms with Crippen LogP contribution in [0.3, 0.4) is 0 Å². The fourth-order valence-electron chi connectivity index (χ4n) is 1.79. The molecule has 2 N–H and O–H groups in total. The minimum Gasteiger partial charge on any atom is -0.388 e. The number of hydrogen-bond acceptors (Lipinski definition) is 4. The molecule has 0 aromatic heterocycles. The number of carbonyl (C=O) groups excluding carboxylic acids is 1. The maximum atomic E-state index is 12.3. The predicted octanol–water partition coefficient (Wildman–Crippen LogP) is 1.96. The fourth-order valence-corrected chi connectivity index (χ4v) is 2.86. The lowest BCUT2D eigenvalue weighted by atomic mass is 10.2. The average Bonchev–Trinajstić information content (AvgIpc) is 2.59. The number of sulfonamides is 1. The van der Waals surface area contributed by atoms with Gasteiger partial charge in [-0.1, -0.05) is 36.1 Å². The molecule has 0 aliphatic rings. The van der Waals surface area contributed by atoms with Crippen LogP contribution in [0.25, 0.3) is 0 Å². The molecule has 2 rings (SSSR count). The van der Waals surface area contributed by atoms with Gasteiger partial charge < -0.3 is 5.11 Å². The summed E-state index contributed by atoms with van der Waals surface area (Å²) < 4.78 is 27.0. The first-order valence-corrected chi connectivity index (χ1v) is 8.49. The zero-order valence-electron chi connectivity index (χ0n) is 12.6. The second kappa shape index (κ2) is 8.11. The molecule has 2 aromatic rings. The number of anilines is 1. The largest absolute Gasteiger partial charge is 0.388 e. The van der Waals surface area contributed by atoms with Crippen LogP contribution < -0.4 is 4.72 Å². The van der Waals surface area contributed by atoms with E-state index in [1.807, 2.05) is 0 Å². The van der Waals surface area contributed by atoms with E-state index in [9.17, 15) is 13.2 Å². The number of allylic oxidation sites excluding steroid dienone is 1. The third-order valence-corrected chi connectivity index (χ3v) is 4.29. The van der Waals surface area contributed by atoms with Crippen LogP contribution in [-0.2, 0) is 14.8 Å². The van der Waals surface area contributed by atoms with E-state index in [-0.39, 0.29) is 4.90 Å². The van der Waals surface area contributed by atoms with E-state index in [1.165, 1.54) is 24.3 Å². The molecular weight excluding hydrogens is 326 g/mol. The summed E-state index contributed by atoms with van der Waals surface area (Å²) in [5, 5.41) is 8.58. The van der Waals surface area contributed by atoms with Crippen molar-refractivity contribution in [1.29, 1.82) is 0 Å². The monoisotopic (exact) mass is 341 g/mol. The molecule has 0 aliphatic heterocycles. The Hall–Kier alpha value is -2.88. The van der Waals surface area contributed by atoms with Crippen LogP contribution in [0.4, 0.5) is 5.69 Å². The van der Waals surface area contributed by atoms with Gasteiger partial charge in [-0.15, -0.1) is 0 Å². The molecule has 0 spiro atoms. The predicted molar refractivity (Wildman–Crippen MR) is 91.8 cm³/mol. The van der Waals surface area contributed by atoms with Gasteiger partial charge in [0.1, 0.15) is 6.61 Å². The highest BCUT2D eigenvalue weighted by Gasteiger charge is 2.13. The first-order valence-electron chi connectivity index (χ1n) is 7.01. The lowest BCUT2D eigenvalue weighted by Crippen LogP contribution is -2.12. The first-order chi connectivity index (χ1) is 11.5. The topological polar surface area (TPSA) is 83.5 Å². The Morgan fingerprint density at radius 2 is 1.88 bits per heavy atom. The number of aliphatic hydroxyl groups excluding tert-OH is 1. The maximum Gasteiger partial charge on any atom is 0.261 e. The molecule has 0 atom stereocenters. The molecule has 6 heteroatoms. The Balaban J connectivity index is 2.15. The van der Waals surface area contributed by atoms with Gasteiger partial charge in [0, 0.05) is 5.56 Å². The lowest BCUT2D eigenvalue weighted by molar-refractivity contribution is -0.117. The number of nitrogens with one attached hydrogen (secondary N) is 1. The fraction of sp³-hybridized carbons (Fsp3) is 0.0556. The Labute approximate surface area is 140 Å². The third-order valence-electron chi connectivity index (χ3n) is 2.89. The molecule has 0 fully saturated rings. The van der Waals surface area contributed by atoms with E-state index in [0.717, 1.165) is 0 Å². The highest BCUT2D eigenvalue weighted by molar-refractivity contribution is 7.92. The quantitative estimate of drug-likeness (QED) is 0.643. The van der Waals surface area contributed by atoms with Gasteiger partial charge >= 0.3 is 0 Å². The highest BCUT2D eigenvalue weighted by Crippen LogP contribution is 2.16. The van der Waals surface area contributed by atoms with Crippen LogP contribution in [-0.4, -0.2) is 25.9 Å². The number of aliphatic hydroxyl groups is 1. The Kier molecular flexibility index (Phi) is 5.90. The van der Waals surface area contributed by atoms with E-state index in [1.54, 1.807) is 42.5 Å². The number of carbonyl (C=O) groups is 1. The second-order valence-electron chi connectivity index (χ2n) is 4.73. The molecule has 0 heterocycles. The van der Waals surface area contributed by atoms with Crippen LogP contribution in [0, 0.1) is 11.8 Å². The molecule has 0 saturated carbocycles. The summed E-state index contributed by atoms with van der Waals surface area (Å²) in [6.07, 6.45) is 2.51. The summed E-state index contributed by atoms with van der Waals surface area (Å²) in [4.78, 5) is 11.1. The molecule has 5 nitrogen and oxygen atoms in total. The minimum absolute atomic E-state index is 0.173. The summed E-state index contributed by atoms with van der Waals surface area (Å²) in [6.45, 7) is -0.561. The zero-order valence-corrected chi connectivity index (χ0v) is 13.5. The number of ketones is 1. The van der Waals surface area contributed by atoms with Gasteiger partial charge in [0.05, 0.1) is 10.6 Å². The van der Waals surface area contributed by atoms with E-state index in [4.69, 9.17) is 5.11 Å². The molecule has 24 heavy (non-hydrogen) atoms. The highest BCUT2D eigenvalue weighted by atomic mass is 32.2. The molecule has 0 amide bonds. The second-order valence-corrected chi connectivity index (χ2v) is 6.41. The van der Waals surface area contributed by atoms with Crippen molar-refractivity contribution >= 4 is 21.5 Å². The Morgan fingerprint density at radius 3 is 2.58 bits per heavy atom. The average molecular weight is 341 g/mol. The van der Waals surface area contributed by atoms with E-state index in [2.05, 4.69) is 16.6 Å². The Morgan fingerprint density at radius 1 is 1.12 bits per heavy atom. The van der Waals surface area contributed by atoms with E-state index < -0.39 is 22.4 Å².